The first-order chi connectivity index (χ1) is 15.9. The number of nitrogens with zero attached hydrogens (tertiary/aromatic N) is 1. The second kappa shape index (κ2) is 9.16. The molecule has 0 saturated heterocycles. The van der Waals surface area contributed by atoms with E-state index in [2.05, 4.69) is 0 Å². The smallest absolute Gasteiger partial charge is 0.338 e. The molecule has 0 radical (unpaired) electrons. The molecule has 0 saturated carbocycles. The fraction of sp³-hybridized carbons (Fsp3) is 0.192. The molecule has 3 aromatic rings. The van der Waals surface area contributed by atoms with E-state index in [1.54, 1.807) is 30.3 Å². The molecule has 1 aromatic heterocycles. The zero-order valence-corrected chi connectivity index (χ0v) is 18.3. The molecule has 1 atom stereocenters. The monoisotopic (exact) mass is 445 g/mol. The molecular formula is C26H23NO6. The Morgan fingerprint density at radius 2 is 1.88 bits per heavy atom. The lowest BCUT2D eigenvalue weighted by Gasteiger charge is -2.27. The molecule has 2 heterocycles. The summed E-state index contributed by atoms with van der Waals surface area (Å²) in [6.45, 7) is 4.07. The summed E-state index contributed by atoms with van der Waals surface area (Å²) in [5.41, 5.74) is 2.10. The Morgan fingerprint density at radius 1 is 1.09 bits per heavy atom. The average Bonchev–Trinajstić information content (AvgIpc) is 3.44. The highest BCUT2D eigenvalue weighted by Crippen LogP contribution is 2.42. The van der Waals surface area contributed by atoms with Gasteiger partial charge in [0.2, 0.25) is 5.78 Å². The molecular weight excluding hydrogens is 422 g/mol. The standard InChI is InChI=1S/C26H23NO6/c1-3-12-33-26(31)18-9-5-10-19(15-18)27-22(17-8-4-7-16(2)14-17)21(24(29)25(27)30)23(28)20-11-6-13-32-20/h4-11,13-15,22,29H,3,12H2,1-2H3. The number of carbonyl (C=O) groups excluding carboxylic acids is 3. The maximum atomic E-state index is 13.2. The van der Waals surface area contributed by atoms with E-state index in [0.717, 1.165) is 5.56 Å². The van der Waals surface area contributed by atoms with Gasteiger partial charge in [-0.15, -0.1) is 0 Å². The number of aliphatic hydroxyl groups is 1. The minimum atomic E-state index is -0.906. The second-order valence-electron chi connectivity index (χ2n) is 7.75. The Hall–Kier alpha value is -4.13. The molecule has 2 aromatic carbocycles. The lowest BCUT2D eigenvalue weighted by atomic mass is 9.94. The van der Waals surface area contributed by atoms with Crippen molar-refractivity contribution in [2.75, 3.05) is 11.5 Å². The molecule has 1 aliphatic rings. The van der Waals surface area contributed by atoms with Gasteiger partial charge in [-0.25, -0.2) is 4.79 Å². The van der Waals surface area contributed by atoms with Gasteiger partial charge in [0.1, 0.15) is 0 Å². The van der Waals surface area contributed by atoms with Crippen LogP contribution in [0.3, 0.4) is 0 Å². The highest BCUT2D eigenvalue weighted by molar-refractivity contribution is 6.20. The molecule has 4 rings (SSSR count). The highest BCUT2D eigenvalue weighted by atomic mass is 16.5. The van der Waals surface area contributed by atoms with E-state index in [4.69, 9.17) is 9.15 Å². The summed E-state index contributed by atoms with van der Waals surface area (Å²) in [7, 11) is 0. The number of benzene rings is 2. The van der Waals surface area contributed by atoms with E-state index in [1.165, 1.54) is 23.3 Å². The second-order valence-corrected chi connectivity index (χ2v) is 7.75. The third-order valence-electron chi connectivity index (χ3n) is 5.35. The summed E-state index contributed by atoms with van der Waals surface area (Å²) >= 11 is 0. The Morgan fingerprint density at radius 3 is 2.58 bits per heavy atom. The van der Waals surface area contributed by atoms with E-state index >= 15 is 0 Å². The molecule has 168 valence electrons. The van der Waals surface area contributed by atoms with Crippen LogP contribution in [-0.4, -0.2) is 29.4 Å². The molecule has 0 fully saturated rings. The number of furan rings is 1. The Labute approximate surface area is 190 Å². The van der Waals surface area contributed by atoms with Crippen LogP contribution in [0.25, 0.3) is 0 Å². The van der Waals surface area contributed by atoms with Crippen LogP contribution in [-0.2, 0) is 9.53 Å². The van der Waals surface area contributed by atoms with Gasteiger partial charge in [-0.05, 0) is 49.2 Å². The van der Waals surface area contributed by atoms with Crippen molar-refractivity contribution in [3.63, 3.8) is 0 Å². The molecule has 7 heteroatoms. The zero-order valence-electron chi connectivity index (χ0n) is 18.3. The number of ketones is 1. The number of esters is 1. The van der Waals surface area contributed by atoms with E-state index in [-0.39, 0.29) is 23.5 Å². The summed E-state index contributed by atoms with van der Waals surface area (Å²) in [6.07, 6.45) is 2.04. The van der Waals surface area contributed by atoms with E-state index in [0.29, 0.717) is 17.7 Å². The summed E-state index contributed by atoms with van der Waals surface area (Å²) in [6, 6.07) is 15.9. The predicted octanol–water partition coefficient (Wildman–Crippen LogP) is 4.94. The Bertz CT molecular complexity index is 1240. The van der Waals surface area contributed by atoms with Gasteiger partial charge in [0.25, 0.3) is 5.91 Å². The molecule has 1 N–H and O–H groups in total. The Balaban J connectivity index is 1.82. The molecule has 1 aliphatic heterocycles. The highest BCUT2D eigenvalue weighted by Gasteiger charge is 2.45. The van der Waals surface area contributed by atoms with Crippen molar-refractivity contribution in [2.24, 2.45) is 0 Å². The number of carbonyl (C=O) groups is 3. The first-order valence-corrected chi connectivity index (χ1v) is 10.6. The van der Waals surface area contributed by atoms with Gasteiger partial charge in [-0.1, -0.05) is 42.8 Å². The number of hydrogen-bond donors (Lipinski definition) is 1. The lowest BCUT2D eigenvalue weighted by molar-refractivity contribution is -0.117. The molecule has 0 bridgehead atoms. The number of anilines is 1. The Kier molecular flexibility index (Phi) is 6.13. The number of ether oxygens (including phenoxy) is 1. The van der Waals surface area contributed by atoms with E-state index in [1.807, 2.05) is 32.0 Å². The van der Waals surface area contributed by atoms with E-state index in [9.17, 15) is 19.5 Å². The summed E-state index contributed by atoms with van der Waals surface area (Å²) in [5.74, 6) is -2.47. The summed E-state index contributed by atoms with van der Waals surface area (Å²) in [4.78, 5) is 40.2. The van der Waals surface area contributed by atoms with Gasteiger partial charge >= 0.3 is 5.97 Å². The van der Waals surface area contributed by atoms with Crippen molar-refractivity contribution < 1.29 is 28.6 Å². The van der Waals surface area contributed by atoms with Crippen molar-refractivity contribution in [1.82, 2.24) is 0 Å². The van der Waals surface area contributed by atoms with Crippen LogP contribution in [0.5, 0.6) is 0 Å². The van der Waals surface area contributed by atoms with Gasteiger partial charge in [0, 0.05) is 5.69 Å². The topological polar surface area (TPSA) is 97.0 Å². The van der Waals surface area contributed by atoms with Gasteiger partial charge < -0.3 is 14.3 Å². The minimum Gasteiger partial charge on any atom is -0.503 e. The number of Topliss-reactive ketones (excluding diaryl/α,β-unsaturated/α-hetero) is 1. The van der Waals surface area contributed by atoms with Crippen molar-refractivity contribution in [3.05, 3.63) is 101 Å². The van der Waals surface area contributed by atoms with Crippen molar-refractivity contribution in [3.8, 4) is 0 Å². The van der Waals surface area contributed by atoms with Crippen LogP contribution >= 0.6 is 0 Å². The molecule has 1 unspecified atom stereocenters. The van der Waals surface area contributed by atoms with E-state index < -0.39 is 29.5 Å². The number of amides is 1. The van der Waals surface area contributed by atoms with Gasteiger partial charge in [-0.2, -0.15) is 0 Å². The third-order valence-corrected chi connectivity index (χ3v) is 5.35. The van der Waals surface area contributed by atoms with Gasteiger partial charge in [0.05, 0.1) is 30.0 Å². The molecule has 0 aliphatic carbocycles. The summed E-state index contributed by atoms with van der Waals surface area (Å²) in [5, 5.41) is 10.8. The quantitative estimate of drug-likeness (QED) is 0.409. The fourth-order valence-electron chi connectivity index (χ4n) is 3.86. The zero-order chi connectivity index (χ0) is 23.5. The number of aliphatic hydroxyl groups excluding tert-OH is 1. The number of aryl methyl sites for hydroxylation is 1. The molecule has 0 spiro atoms. The molecule has 33 heavy (non-hydrogen) atoms. The molecule has 1 amide bonds. The van der Waals surface area contributed by atoms with Crippen LogP contribution in [0.4, 0.5) is 5.69 Å². The average molecular weight is 445 g/mol. The van der Waals surface area contributed by atoms with Crippen LogP contribution < -0.4 is 4.90 Å². The summed E-state index contributed by atoms with van der Waals surface area (Å²) < 4.78 is 10.5. The normalized spacial score (nSPS) is 15.8. The lowest BCUT2D eigenvalue weighted by Crippen LogP contribution is -2.31. The maximum absolute atomic E-state index is 13.2. The van der Waals surface area contributed by atoms with Gasteiger partial charge in [0.15, 0.2) is 11.5 Å². The number of hydrogen-bond acceptors (Lipinski definition) is 6. The van der Waals surface area contributed by atoms with Crippen molar-refractivity contribution in [2.45, 2.75) is 26.3 Å². The van der Waals surface area contributed by atoms with Crippen molar-refractivity contribution >= 4 is 23.3 Å². The minimum absolute atomic E-state index is 0.0146. The third kappa shape index (κ3) is 4.17. The predicted molar refractivity (Wildman–Crippen MR) is 121 cm³/mol. The SMILES string of the molecule is CCCOC(=O)c1cccc(N2C(=O)C(O)=C(C(=O)c3ccco3)C2c2cccc(C)c2)c1. The largest absolute Gasteiger partial charge is 0.503 e. The van der Waals surface area contributed by atoms with Crippen molar-refractivity contribution in [1.29, 1.82) is 0 Å². The van der Waals surface area contributed by atoms with Crippen LogP contribution in [0, 0.1) is 6.92 Å². The maximum Gasteiger partial charge on any atom is 0.338 e. The van der Waals surface area contributed by atoms with Gasteiger partial charge in [-0.3, -0.25) is 14.5 Å². The number of rotatable bonds is 7. The first-order valence-electron chi connectivity index (χ1n) is 10.6. The van der Waals surface area contributed by atoms with Crippen LogP contribution in [0.15, 0.2) is 82.7 Å². The first kappa shape index (κ1) is 22.1. The fourth-order valence-corrected chi connectivity index (χ4v) is 3.86. The van der Waals surface area contributed by atoms with Crippen LogP contribution in [0.2, 0.25) is 0 Å². The molecule has 7 nitrogen and oxygen atoms in total. The van der Waals surface area contributed by atoms with Crippen LogP contribution in [0.1, 0.15) is 51.4 Å².